The van der Waals surface area contributed by atoms with Gasteiger partial charge in [0.05, 0.1) is 0 Å². The highest BCUT2D eigenvalue weighted by Gasteiger charge is 2.43. The summed E-state index contributed by atoms with van der Waals surface area (Å²) in [4.78, 5) is 17.7. The highest BCUT2D eigenvalue weighted by atomic mass is 16.3. The van der Waals surface area contributed by atoms with Gasteiger partial charge in [-0.15, -0.1) is 0 Å². The van der Waals surface area contributed by atoms with Crippen molar-refractivity contribution in [1.29, 1.82) is 0 Å². The minimum Gasteiger partial charge on any atom is -0.372 e. The van der Waals surface area contributed by atoms with Crippen LogP contribution in [0.1, 0.15) is 16.7 Å². The second-order valence-electron chi connectivity index (χ2n) is 7.85. The van der Waals surface area contributed by atoms with Gasteiger partial charge in [-0.25, -0.2) is 0 Å². The van der Waals surface area contributed by atoms with Gasteiger partial charge in [-0.1, -0.05) is 103 Å². The Hall–Kier alpha value is -3.21. The predicted molar refractivity (Wildman–Crippen MR) is 124 cm³/mol. The van der Waals surface area contributed by atoms with Gasteiger partial charge in [0.1, 0.15) is 0 Å². The SMILES string of the molecule is O=C(N1CCN(C/C=C/c2ccccc2)CC1)C(O)(c1ccccc1)c1ccccc1. The lowest BCUT2D eigenvalue weighted by Crippen LogP contribution is -2.55. The molecular formula is C27H28N2O2. The van der Waals surface area contributed by atoms with E-state index in [0.29, 0.717) is 24.2 Å². The molecule has 1 fully saturated rings. The lowest BCUT2D eigenvalue weighted by molar-refractivity contribution is -0.149. The molecule has 1 aliphatic heterocycles. The number of hydrogen-bond donors (Lipinski definition) is 1. The molecule has 0 aliphatic carbocycles. The normalized spacial score (nSPS) is 15.3. The first-order valence-electron chi connectivity index (χ1n) is 10.7. The molecule has 3 aromatic carbocycles. The van der Waals surface area contributed by atoms with E-state index in [-0.39, 0.29) is 5.91 Å². The van der Waals surface area contributed by atoms with Gasteiger partial charge in [-0.3, -0.25) is 9.69 Å². The topological polar surface area (TPSA) is 43.8 Å². The Kier molecular flexibility index (Phi) is 6.60. The molecule has 158 valence electrons. The van der Waals surface area contributed by atoms with Crippen molar-refractivity contribution in [1.82, 2.24) is 9.80 Å². The van der Waals surface area contributed by atoms with Crippen molar-refractivity contribution in [2.45, 2.75) is 5.60 Å². The summed E-state index contributed by atoms with van der Waals surface area (Å²) in [5.74, 6) is -0.260. The van der Waals surface area contributed by atoms with E-state index in [1.54, 1.807) is 4.90 Å². The average Bonchev–Trinajstić information content (AvgIpc) is 2.85. The molecule has 1 amide bonds. The molecule has 0 atom stereocenters. The van der Waals surface area contributed by atoms with Crippen molar-refractivity contribution in [3.05, 3.63) is 114 Å². The quantitative estimate of drug-likeness (QED) is 0.670. The van der Waals surface area contributed by atoms with Crippen LogP contribution in [0.4, 0.5) is 0 Å². The molecule has 0 bridgehead atoms. The van der Waals surface area contributed by atoms with Crippen molar-refractivity contribution < 1.29 is 9.90 Å². The number of piperazine rings is 1. The number of hydrogen-bond acceptors (Lipinski definition) is 3. The first-order valence-corrected chi connectivity index (χ1v) is 10.7. The molecule has 1 heterocycles. The fourth-order valence-corrected chi connectivity index (χ4v) is 4.04. The maximum absolute atomic E-state index is 13.6. The third kappa shape index (κ3) is 4.76. The average molecular weight is 413 g/mol. The fourth-order valence-electron chi connectivity index (χ4n) is 4.04. The molecule has 0 aromatic heterocycles. The summed E-state index contributed by atoms with van der Waals surface area (Å²) < 4.78 is 0. The maximum Gasteiger partial charge on any atom is 0.264 e. The van der Waals surface area contributed by atoms with Crippen LogP contribution in [-0.2, 0) is 10.4 Å². The van der Waals surface area contributed by atoms with E-state index in [9.17, 15) is 9.90 Å². The number of carbonyl (C=O) groups is 1. The van der Waals surface area contributed by atoms with Crippen molar-refractivity contribution in [2.75, 3.05) is 32.7 Å². The van der Waals surface area contributed by atoms with Gasteiger partial charge >= 0.3 is 0 Å². The van der Waals surface area contributed by atoms with Gasteiger partial charge < -0.3 is 10.0 Å². The molecule has 31 heavy (non-hydrogen) atoms. The van der Waals surface area contributed by atoms with E-state index < -0.39 is 5.60 Å². The van der Waals surface area contributed by atoms with Crippen LogP contribution >= 0.6 is 0 Å². The van der Waals surface area contributed by atoms with E-state index in [1.807, 2.05) is 78.9 Å². The summed E-state index contributed by atoms with van der Waals surface area (Å²) in [5.41, 5.74) is 0.698. The van der Waals surface area contributed by atoms with Crippen molar-refractivity contribution in [3.8, 4) is 0 Å². The van der Waals surface area contributed by atoms with Crippen LogP contribution in [0.15, 0.2) is 97.1 Å². The Bertz CT molecular complexity index is 956. The maximum atomic E-state index is 13.6. The van der Waals surface area contributed by atoms with Gasteiger partial charge in [-0.05, 0) is 16.7 Å². The van der Waals surface area contributed by atoms with Crippen LogP contribution < -0.4 is 0 Å². The third-order valence-electron chi connectivity index (χ3n) is 5.83. The number of nitrogens with zero attached hydrogens (tertiary/aromatic N) is 2. The number of amides is 1. The van der Waals surface area contributed by atoms with Crippen LogP contribution in [0.3, 0.4) is 0 Å². The largest absolute Gasteiger partial charge is 0.372 e. The van der Waals surface area contributed by atoms with E-state index in [2.05, 4.69) is 29.2 Å². The molecule has 0 spiro atoms. The lowest BCUT2D eigenvalue weighted by atomic mass is 9.85. The smallest absolute Gasteiger partial charge is 0.264 e. The van der Waals surface area contributed by atoms with Gasteiger partial charge in [-0.2, -0.15) is 0 Å². The van der Waals surface area contributed by atoms with Crippen LogP contribution in [0.5, 0.6) is 0 Å². The Balaban J connectivity index is 1.44. The number of aliphatic hydroxyl groups is 1. The minimum atomic E-state index is -1.68. The highest BCUT2D eigenvalue weighted by molar-refractivity contribution is 5.90. The number of rotatable bonds is 6. The van der Waals surface area contributed by atoms with Crippen LogP contribution in [0.2, 0.25) is 0 Å². The van der Waals surface area contributed by atoms with E-state index >= 15 is 0 Å². The molecule has 0 saturated carbocycles. The Labute approximate surface area is 184 Å². The second kappa shape index (κ2) is 9.73. The summed E-state index contributed by atoms with van der Waals surface area (Å²) in [6, 6.07) is 28.7. The molecular weight excluding hydrogens is 384 g/mol. The molecule has 3 aromatic rings. The molecule has 4 nitrogen and oxygen atoms in total. The van der Waals surface area contributed by atoms with Crippen molar-refractivity contribution in [2.24, 2.45) is 0 Å². The molecule has 1 saturated heterocycles. The van der Waals surface area contributed by atoms with Gasteiger partial charge in [0.2, 0.25) is 0 Å². The predicted octanol–water partition coefficient (Wildman–Crippen LogP) is 3.78. The summed E-state index contributed by atoms with van der Waals surface area (Å²) in [6.07, 6.45) is 4.29. The molecule has 0 unspecified atom stereocenters. The highest BCUT2D eigenvalue weighted by Crippen LogP contribution is 2.32. The second-order valence-corrected chi connectivity index (χ2v) is 7.85. The third-order valence-corrected chi connectivity index (χ3v) is 5.83. The Morgan fingerprint density at radius 1 is 0.774 bits per heavy atom. The summed E-state index contributed by atoms with van der Waals surface area (Å²) in [6.45, 7) is 3.60. The first-order chi connectivity index (χ1) is 15.2. The van der Waals surface area contributed by atoms with Gasteiger partial charge in [0, 0.05) is 32.7 Å². The minimum absolute atomic E-state index is 0.260. The van der Waals surface area contributed by atoms with Crippen LogP contribution in [-0.4, -0.2) is 53.5 Å². The lowest BCUT2D eigenvalue weighted by Gasteiger charge is -2.39. The van der Waals surface area contributed by atoms with Gasteiger partial charge in [0.15, 0.2) is 5.60 Å². The summed E-state index contributed by atoms with van der Waals surface area (Å²) in [7, 11) is 0. The fraction of sp³-hybridized carbons (Fsp3) is 0.222. The molecule has 4 heteroatoms. The Morgan fingerprint density at radius 3 is 1.77 bits per heavy atom. The van der Waals surface area contributed by atoms with E-state index in [1.165, 1.54) is 5.56 Å². The van der Waals surface area contributed by atoms with Gasteiger partial charge in [0.25, 0.3) is 5.91 Å². The first kappa shape index (κ1) is 21.0. The molecule has 4 rings (SSSR count). The number of carbonyl (C=O) groups excluding carboxylic acids is 1. The van der Waals surface area contributed by atoms with Crippen LogP contribution in [0.25, 0.3) is 6.08 Å². The zero-order chi connectivity index (χ0) is 21.5. The molecule has 1 aliphatic rings. The summed E-state index contributed by atoms with van der Waals surface area (Å²) in [5, 5.41) is 11.7. The van der Waals surface area contributed by atoms with E-state index in [0.717, 1.165) is 19.6 Å². The Morgan fingerprint density at radius 2 is 1.26 bits per heavy atom. The van der Waals surface area contributed by atoms with Crippen LogP contribution in [0, 0.1) is 0 Å². The number of benzene rings is 3. The van der Waals surface area contributed by atoms with Crippen molar-refractivity contribution in [3.63, 3.8) is 0 Å². The standard InChI is InChI=1S/C27H28N2O2/c30-26(27(31,24-14-6-2-7-15-24)25-16-8-3-9-17-25)29-21-19-28(20-22-29)18-10-13-23-11-4-1-5-12-23/h1-17,31H,18-22H2/b13-10+. The molecule has 0 radical (unpaired) electrons. The molecule has 1 N–H and O–H groups in total. The summed E-state index contributed by atoms with van der Waals surface area (Å²) >= 11 is 0. The van der Waals surface area contributed by atoms with E-state index in [4.69, 9.17) is 0 Å². The monoisotopic (exact) mass is 412 g/mol. The van der Waals surface area contributed by atoms with Crippen molar-refractivity contribution >= 4 is 12.0 Å². The zero-order valence-electron chi connectivity index (χ0n) is 17.6. The zero-order valence-corrected chi connectivity index (χ0v) is 17.6.